The number of aryl methyl sites for hydroxylation is 1. The summed E-state index contributed by atoms with van der Waals surface area (Å²) in [6.45, 7) is 2.59. The molecule has 27 heavy (non-hydrogen) atoms. The van der Waals surface area contributed by atoms with Crippen LogP contribution in [0, 0.1) is 12.7 Å². The highest BCUT2D eigenvalue weighted by Gasteiger charge is 2.29. The van der Waals surface area contributed by atoms with Gasteiger partial charge >= 0.3 is 0 Å². The Labute approximate surface area is 157 Å². The van der Waals surface area contributed by atoms with Crippen LogP contribution in [0.3, 0.4) is 0 Å². The number of anilines is 1. The lowest BCUT2D eigenvalue weighted by atomic mass is 10.2. The van der Waals surface area contributed by atoms with Crippen LogP contribution in [0.25, 0.3) is 5.65 Å². The Kier molecular flexibility index (Phi) is 5.16. The molecule has 0 radical (unpaired) electrons. The molecule has 0 atom stereocenters. The predicted molar refractivity (Wildman–Crippen MR) is 101 cm³/mol. The van der Waals surface area contributed by atoms with Gasteiger partial charge in [-0.25, -0.2) is 22.3 Å². The molecule has 0 aliphatic rings. The molecular weight excluding hydrogens is 369 g/mol. The first-order valence-corrected chi connectivity index (χ1v) is 9.94. The van der Waals surface area contributed by atoms with E-state index in [0.29, 0.717) is 12.1 Å². The van der Waals surface area contributed by atoms with E-state index in [9.17, 15) is 12.8 Å². The number of nitrogens with zero attached hydrogens (tertiary/aromatic N) is 4. The highest BCUT2D eigenvalue weighted by Crippen LogP contribution is 2.31. The van der Waals surface area contributed by atoms with Gasteiger partial charge in [-0.1, -0.05) is 6.07 Å². The van der Waals surface area contributed by atoms with Crippen LogP contribution in [0.4, 0.5) is 10.2 Å². The van der Waals surface area contributed by atoms with Crippen LogP contribution in [0.5, 0.6) is 0 Å². The molecular formula is C18H22FN5O2S. The third-order valence-corrected chi connectivity index (χ3v) is 5.96. The molecule has 7 nitrogen and oxygen atoms in total. The molecule has 1 N–H and O–H groups in total. The van der Waals surface area contributed by atoms with Gasteiger partial charge in [0.05, 0.1) is 4.90 Å². The summed E-state index contributed by atoms with van der Waals surface area (Å²) in [5, 5.41) is 7.25. The van der Waals surface area contributed by atoms with Crippen molar-refractivity contribution < 1.29 is 12.8 Å². The molecule has 0 saturated heterocycles. The van der Waals surface area contributed by atoms with E-state index >= 15 is 0 Å². The van der Waals surface area contributed by atoms with Gasteiger partial charge < -0.3 is 10.2 Å². The number of benzene rings is 1. The topological polar surface area (TPSA) is 79.6 Å². The summed E-state index contributed by atoms with van der Waals surface area (Å²) < 4.78 is 41.6. The van der Waals surface area contributed by atoms with Crippen molar-refractivity contribution in [2.24, 2.45) is 0 Å². The van der Waals surface area contributed by atoms with Crippen LogP contribution in [0.2, 0.25) is 0 Å². The van der Waals surface area contributed by atoms with E-state index in [1.54, 1.807) is 11.6 Å². The SMILES string of the molecule is CNc1nn2c(CCN(C)C)cc(C)nc2c1S(=O)(=O)c1cccc(F)c1. The van der Waals surface area contributed by atoms with E-state index in [0.717, 1.165) is 18.3 Å². The number of halogens is 1. The van der Waals surface area contributed by atoms with Gasteiger partial charge in [-0.3, -0.25) is 0 Å². The minimum Gasteiger partial charge on any atom is -0.370 e. The number of hydrogen-bond donors (Lipinski definition) is 1. The number of aromatic nitrogens is 3. The van der Waals surface area contributed by atoms with E-state index in [1.165, 1.54) is 18.2 Å². The normalized spacial score (nSPS) is 12.1. The minimum absolute atomic E-state index is 0.0506. The summed E-state index contributed by atoms with van der Waals surface area (Å²) in [4.78, 5) is 6.27. The zero-order chi connectivity index (χ0) is 19.8. The van der Waals surface area contributed by atoms with Crippen LogP contribution in [0.1, 0.15) is 11.4 Å². The monoisotopic (exact) mass is 391 g/mol. The van der Waals surface area contributed by atoms with E-state index in [2.05, 4.69) is 15.4 Å². The summed E-state index contributed by atoms with van der Waals surface area (Å²) in [6, 6.07) is 6.83. The third kappa shape index (κ3) is 3.65. The number of nitrogens with one attached hydrogen (secondary N) is 1. The second-order valence-corrected chi connectivity index (χ2v) is 8.45. The summed E-state index contributed by atoms with van der Waals surface area (Å²) in [5.41, 5.74) is 1.77. The summed E-state index contributed by atoms with van der Waals surface area (Å²) in [5.74, 6) is -0.433. The summed E-state index contributed by atoms with van der Waals surface area (Å²) >= 11 is 0. The second kappa shape index (κ2) is 7.24. The molecule has 144 valence electrons. The van der Waals surface area contributed by atoms with Crippen molar-refractivity contribution in [3.05, 3.63) is 47.5 Å². The Hall–Kier alpha value is -2.52. The summed E-state index contributed by atoms with van der Waals surface area (Å²) in [6.07, 6.45) is 0.678. The zero-order valence-corrected chi connectivity index (χ0v) is 16.5. The van der Waals surface area contributed by atoms with Crippen molar-refractivity contribution in [1.29, 1.82) is 0 Å². The van der Waals surface area contributed by atoms with Crippen molar-refractivity contribution >= 4 is 21.3 Å². The first-order chi connectivity index (χ1) is 12.7. The van der Waals surface area contributed by atoms with E-state index in [4.69, 9.17) is 0 Å². The molecule has 2 heterocycles. The van der Waals surface area contributed by atoms with Crippen LogP contribution in [0.15, 0.2) is 40.1 Å². The van der Waals surface area contributed by atoms with Gasteiger partial charge in [0.15, 0.2) is 16.4 Å². The maximum absolute atomic E-state index is 13.6. The van der Waals surface area contributed by atoms with E-state index in [1.807, 2.05) is 32.0 Å². The lowest BCUT2D eigenvalue weighted by molar-refractivity contribution is 0.410. The second-order valence-electron chi connectivity index (χ2n) is 6.57. The summed E-state index contributed by atoms with van der Waals surface area (Å²) in [7, 11) is 1.52. The van der Waals surface area contributed by atoms with Crippen molar-refractivity contribution in [2.45, 2.75) is 23.1 Å². The van der Waals surface area contributed by atoms with Gasteiger partial charge in [0.1, 0.15) is 5.82 Å². The molecule has 0 fully saturated rings. The average molecular weight is 391 g/mol. The molecule has 0 aliphatic carbocycles. The van der Waals surface area contributed by atoms with Crippen LogP contribution >= 0.6 is 0 Å². The maximum Gasteiger partial charge on any atom is 0.214 e. The number of fused-ring (bicyclic) bond motifs is 1. The third-order valence-electron chi connectivity index (χ3n) is 4.18. The molecule has 0 saturated carbocycles. The van der Waals surface area contributed by atoms with Gasteiger partial charge in [0.2, 0.25) is 9.84 Å². The van der Waals surface area contributed by atoms with Gasteiger partial charge in [0, 0.05) is 31.4 Å². The minimum atomic E-state index is -4.01. The number of sulfone groups is 1. The van der Waals surface area contributed by atoms with Crippen LogP contribution in [-0.4, -0.2) is 55.6 Å². The van der Waals surface area contributed by atoms with Gasteiger partial charge in [-0.15, -0.1) is 5.10 Å². The lowest BCUT2D eigenvalue weighted by Gasteiger charge is -2.11. The zero-order valence-electron chi connectivity index (χ0n) is 15.7. The largest absolute Gasteiger partial charge is 0.370 e. The highest BCUT2D eigenvalue weighted by atomic mass is 32.2. The van der Waals surface area contributed by atoms with Crippen LogP contribution in [-0.2, 0) is 16.3 Å². The quantitative estimate of drug-likeness (QED) is 0.694. The Morgan fingerprint density at radius 1 is 1.26 bits per heavy atom. The first-order valence-electron chi connectivity index (χ1n) is 8.46. The van der Waals surface area contributed by atoms with Crippen molar-refractivity contribution in [1.82, 2.24) is 19.5 Å². The lowest BCUT2D eigenvalue weighted by Crippen LogP contribution is -2.17. The Balaban J connectivity index is 2.26. The molecule has 3 aromatic rings. The first kappa shape index (κ1) is 19.2. The van der Waals surface area contributed by atoms with E-state index in [-0.39, 0.29) is 21.3 Å². The maximum atomic E-state index is 13.6. The molecule has 9 heteroatoms. The fourth-order valence-electron chi connectivity index (χ4n) is 2.87. The number of likely N-dealkylation sites (N-methyl/N-ethyl adjacent to an activating group) is 1. The van der Waals surface area contributed by atoms with Crippen molar-refractivity contribution in [2.75, 3.05) is 33.0 Å². The fourth-order valence-corrected chi connectivity index (χ4v) is 4.41. The Bertz CT molecular complexity index is 1090. The predicted octanol–water partition coefficient (Wildman–Crippen LogP) is 2.16. The van der Waals surface area contributed by atoms with E-state index < -0.39 is 15.7 Å². The average Bonchev–Trinajstić information content (AvgIpc) is 2.98. The standard InChI is InChI=1S/C18H22FN5O2S/c1-12-10-14(8-9-23(3)4)24-18(21-12)16(17(20-2)22-24)27(25,26)15-7-5-6-13(19)11-15/h5-7,10-11H,8-9H2,1-4H3,(H,20,22). The van der Waals surface area contributed by atoms with Gasteiger partial charge in [-0.2, -0.15) is 0 Å². The molecule has 0 unspecified atom stereocenters. The molecule has 0 spiro atoms. The molecule has 0 bridgehead atoms. The van der Waals surface area contributed by atoms with Crippen molar-refractivity contribution in [3.63, 3.8) is 0 Å². The highest BCUT2D eigenvalue weighted by molar-refractivity contribution is 7.91. The molecule has 3 rings (SSSR count). The van der Waals surface area contributed by atoms with Gasteiger partial charge in [-0.05, 0) is 45.3 Å². The fraction of sp³-hybridized carbons (Fsp3) is 0.333. The number of rotatable bonds is 6. The molecule has 1 aromatic carbocycles. The number of hydrogen-bond acceptors (Lipinski definition) is 6. The molecule has 0 amide bonds. The van der Waals surface area contributed by atoms with Crippen LogP contribution < -0.4 is 5.32 Å². The van der Waals surface area contributed by atoms with Gasteiger partial charge in [0.25, 0.3) is 0 Å². The Morgan fingerprint density at radius 2 is 2.00 bits per heavy atom. The smallest absolute Gasteiger partial charge is 0.214 e. The molecule has 2 aromatic heterocycles. The Morgan fingerprint density at radius 3 is 2.63 bits per heavy atom. The van der Waals surface area contributed by atoms with Crippen molar-refractivity contribution in [3.8, 4) is 0 Å². The molecule has 0 aliphatic heterocycles.